The Morgan fingerprint density at radius 1 is 1.39 bits per heavy atom. The van der Waals surface area contributed by atoms with Crippen molar-refractivity contribution in [3.8, 4) is 0 Å². The molecule has 0 aromatic heterocycles. The standard InChI is InChI=1S/C14H29N3O/c1-3-11(2)12-6-9-17(10-7-12)14(18)13(16)5-4-8-15/h11-13H,3-10,15-16H2,1-2H3/t11-,13+/m0/s1. The third-order valence-electron chi connectivity index (χ3n) is 4.34. The second-order valence-electron chi connectivity index (χ2n) is 5.59. The SMILES string of the molecule is CC[C@H](C)C1CCN(C(=O)[C@H](N)CCCN)CC1. The Labute approximate surface area is 111 Å². The fraction of sp³-hybridized carbons (Fsp3) is 0.929. The van der Waals surface area contributed by atoms with Crippen LogP contribution in [-0.2, 0) is 4.79 Å². The zero-order valence-corrected chi connectivity index (χ0v) is 11.9. The van der Waals surface area contributed by atoms with Gasteiger partial charge in [-0.2, -0.15) is 0 Å². The zero-order valence-electron chi connectivity index (χ0n) is 11.9. The lowest BCUT2D eigenvalue weighted by Gasteiger charge is -2.35. The highest BCUT2D eigenvalue weighted by molar-refractivity contribution is 5.81. The van der Waals surface area contributed by atoms with Crippen LogP contribution in [0.25, 0.3) is 0 Å². The van der Waals surface area contributed by atoms with Crippen molar-refractivity contribution in [1.29, 1.82) is 0 Å². The predicted molar refractivity (Wildman–Crippen MR) is 75.0 cm³/mol. The highest BCUT2D eigenvalue weighted by Gasteiger charge is 2.27. The summed E-state index contributed by atoms with van der Waals surface area (Å²) in [5.41, 5.74) is 11.3. The number of hydrogen-bond acceptors (Lipinski definition) is 3. The average molecular weight is 255 g/mol. The molecule has 1 amide bonds. The van der Waals surface area contributed by atoms with Crippen LogP contribution in [0.2, 0.25) is 0 Å². The van der Waals surface area contributed by atoms with Gasteiger partial charge >= 0.3 is 0 Å². The summed E-state index contributed by atoms with van der Waals surface area (Å²) in [5.74, 6) is 1.67. The highest BCUT2D eigenvalue weighted by atomic mass is 16.2. The number of carbonyl (C=O) groups excluding carboxylic acids is 1. The van der Waals surface area contributed by atoms with E-state index in [1.165, 1.54) is 6.42 Å². The number of hydrogen-bond donors (Lipinski definition) is 2. The molecule has 0 unspecified atom stereocenters. The van der Waals surface area contributed by atoms with Crippen LogP contribution < -0.4 is 11.5 Å². The molecule has 1 heterocycles. The van der Waals surface area contributed by atoms with Crippen molar-refractivity contribution in [2.45, 2.75) is 52.0 Å². The van der Waals surface area contributed by atoms with E-state index in [1.54, 1.807) is 0 Å². The smallest absolute Gasteiger partial charge is 0.239 e. The number of carbonyl (C=O) groups is 1. The molecule has 1 fully saturated rings. The Balaban J connectivity index is 2.35. The summed E-state index contributed by atoms with van der Waals surface area (Å²) < 4.78 is 0. The first-order chi connectivity index (χ1) is 8.60. The van der Waals surface area contributed by atoms with Crippen molar-refractivity contribution in [3.63, 3.8) is 0 Å². The normalized spacial score (nSPS) is 20.8. The Morgan fingerprint density at radius 3 is 2.50 bits per heavy atom. The van der Waals surface area contributed by atoms with Crippen molar-refractivity contribution >= 4 is 5.91 Å². The number of likely N-dealkylation sites (tertiary alicyclic amines) is 1. The monoisotopic (exact) mass is 255 g/mol. The quantitative estimate of drug-likeness (QED) is 0.752. The van der Waals surface area contributed by atoms with Crippen LogP contribution in [0.4, 0.5) is 0 Å². The predicted octanol–water partition coefficient (Wildman–Crippen LogP) is 1.34. The third kappa shape index (κ3) is 4.25. The molecule has 0 aliphatic carbocycles. The maximum Gasteiger partial charge on any atom is 0.239 e. The van der Waals surface area contributed by atoms with Gasteiger partial charge < -0.3 is 16.4 Å². The molecule has 1 saturated heterocycles. The van der Waals surface area contributed by atoms with Crippen LogP contribution >= 0.6 is 0 Å². The first-order valence-corrected chi connectivity index (χ1v) is 7.34. The molecular weight excluding hydrogens is 226 g/mol. The first-order valence-electron chi connectivity index (χ1n) is 7.34. The minimum absolute atomic E-state index is 0.117. The van der Waals surface area contributed by atoms with Gasteiger partial charge in [-0.3, -0.25) is 4.79 Å². The molecule has 0 aromatic rings. The molecule has 1 aliphatic heterocycles. The van der Waals surface area contributed by atoms with Gasteiger partial charge in [-0.25, -0.2) is 0 Å². The number of piperidine rings is 1. The molecule has 18 heavy (non-hydrogen) atoms. The highest BCUT2D eigenvalue weighted by Crippen LogP contribution is 2.27. The van der Waals surface area contributed by atoms with Crippen LogP contribution in [0.5, 0.6) is 0 Å². The molecule has 106 valence electrons. The van der Waals surface area contributed by atoms with Crippen molar-refractivity contribution in [2.75, 3.05) is 19.6 Å². The lowest BCUT2D eigenvalue weighted by Crippen LogP contribution is -2.47. The molecule has 4 N–H and O–H groups in total. The maximum atomic E-state index is 12.1. The van der Waals surface area contributed by atoms with E-state index in [1.807, 2.05) is 4.90 Å². The van der Waals surface area contributed by atoms with Gasteiger partial charge in [0, 0.05) is 13.1 Å². The molecule has 0 spiro atoms. The summed E-state index contributed by atoms with van der Waals surface area (Å²) in [7, 11) is 0. The van der Waals surface area contributed by atoms with Crippen LogP contribution in [0.1, 0.15) is 46.0 Å². The molecule has 4 nitrogen and oxygen atoms in total. The summed E-state index contributed by atoms with van der Waals surface area (Å²) in [5, 5.41) is 0. The van der Waals surface area contributed by atoms with Crippen molar-refractivity contribution < 1.29 is 4.79 Å². The minimum Gasteiger partial charge on any atom is -0.341 e. The summed E-state index contributed by atoms with van der Waals surface area (Å²) in [6.45, 7) is 6.92. The second-order valence-corrected chi connectivity index (χ2v) is 5.59. The number of amides is 1. The molecule has 1 aliphatic rings. The van der Waals surface area contributed by atoms with Gasteiger partial charge in [0.05, 0.1) is 6.04 Å². The van der Waals surface area contributed by atoms with E-state index in [2.05, 4.69) is 13.8 Å². The summed E-state index contributed by atoms with van der Waals surface area (Å²) >= 11 is 0. The number of nitrogens with zero attached hydrogens (tertiary/aromatic N) is 1. The molecule has 0 aromatic carbocycles. The lowest BCUT2D eigenvalue weighted by atomic mass is 9.84. The van der Waals surface area contributed by atoms with Gasteiger partial charge in [-0.1, -0.05) is 20.3 Å². The summed E-state index contributed by atoms with van der Waals surface area (Å²) in [6.07, 6.45) is 5.03. The van der Waals surface area contributed by atoms with E-state index < -0.39 is 0 Å². The second kappa shape index (κ2) is 7.74. The van der Waals surface area contributed by atoms with Gasteiger partial charge in [0.2, 0.25) is 5.91 Å². The van der Waals surface area contributed by atoms with Gasteiger partial charge in [-0.05, 0) is 44.1 Å². The Kier molecular flexibility index (Phi) is 6.65. The Bertz CT molecular complexity index is 249. The van der Waals surface area contributed by atoms with E-state index in [0.717, 1.165) is 44.2 Å². The fourth-order valence-electron chi connectivity index (χ4n) is 2.72. The van der Waals surface area contributed by atoms with Crippen LogP contribution in [0.3, 0.4) is 0 Å². The van der Waals surface area contributed by atoms with E-state index in [9.17, 15) is 4.79 Å². The van der Waals surface area contributed by atoms with Crippen LogP contribution in [-0.4, -0.2) is 36.5 Å². The molecule has 2 atom stereocenters. The average Bonchev–Trinajstić information content (AvgIpc) is 2.43. The van der Waals surface area contributed by atoms with Crippen LogP contribution in [0.15, 0.2) is 0 Å². The van der Waals surface area contributed by atoms with Gasteiger partial charge in [0.25, 0.3) is 0 Å². The summed E-state index contributed by atoms with van der Waals surface area (Å²) in [6, 6.07) is -0.353. The maximum absolute atomic E-state index is 12.1. The van der Waals surface area contributed by atoms with E-state index >= 15 is 0 Å². The van der Waals surface area contributed by atoms with Crippen molar-refractivity contribution in [3.05, 3.63) is 0 Å². The third-order valence-corrected chi connectivity index (χ3v) is 4.34. The largest absolute Gasteiger partial charge is 0.341 e. The van der Waals surface area contributed by atoms with E-state index in [0.29, 0.717) is 13.0 Å². The molecule has 0 saturated carbocycles. The fourth-order valence-corrected chi connectivity index (χ4v) is 2.72. The van der Waals surface area contributed by atoms with Gasteiger partial charge in [-0.15, -0.1) is 0 Å². The Hall–Kier alpha value is -0.610. The van der Waals surface area contributed by atoms with Gasteiger partial charge in [0.15, 0.2) is 0 Å². The van der Waals surface area contributed by atoms with Crippen molar-refractivity contribution in [1.82, 2.24) is 4.90 Å². The molecule has 0 bridgehead atoms. The topological polar surface area (TPSA) is 72.3 Å². The van der Waals surface area contributed by atoms with Crippen molar-refractivity contribution in [2.24, 2.45) is 23.3 Å². The number of rotatable bonds is 6. The van der Waals surface area contributed by atoms with E-state index in [-0.39, 0.29) is 11.9 Å². The van der Waals surface area contributed by atoms with E-state index in [4.69, 9.17) is 11.5 Å². The molecule has 0 radical (unpaired) electrons. The number of nitrogens with two attached hydrogens (primary N) is 2. The van der Waals surface area contributed by atoms with Crippen LogP contribution in [0, 0.1) is 11.8 Å². The Morgan fingerprint density at radius 2 is 2.00 bits per heavy atom. The zero-order chi connectivity index (χ0) is 13.5. The first kappa shape index (κ1) is 15.4. The molecule has 1 rings (SSSR count). The minimum atomic E-state index is -0.353. The van der Waals surface area contributed by atoms with Gasteiger partial charge in [0.1, 0.15) is 0 Å². The molecule has 4 heteroatoms. The molecular formula is C14H29N3O. The summed E-state index contributed by atoms with van der Waals surface area (Å²) in [4.78, 5) is 14.1. The lowest BCUT2D eigenvalue weighted by molar-refractivity contribution is -0.134.